The number of methoxy groups -OCH3 is 1. The van der Waals surface area contributed by atoms with Gasteiger partial charge in [0.15, 0.2) is 5.67 Å². The summed E-state index contributed by atoms with van der Waals surface area (Å²) in [7, 11) is 6.81. The van der Waals surface area contributed by atoms with Crippen LogP contribution in [0.4, 0.5) is 10.1 Å². The van der Waals surface area contributed by atoms with Crippen LogP contribution in [-0.4, -0.2) is 174 Å². The molecule has 2 aromatic heterocycles. The van der Waals surface area contributed by atoms with Crippen molar-refractivity contribution in [3.05, 3.63) is 59.9 Å². The lowest BCUT2D eigenvalue weighted by Gasteiger charge is -2.42. The maximum absolute atomic E-state index is 16.7. The van der Waals surface area contributed by atoms with E-state index in [9.17, 15) is 29.1 Å². The van der Waals surface area contributed by atoms with E-state index in [1.807, 2.05) is 45.8 Å². The van der Waals surface area contributed by atoms with Gasteiger partial charge in [0, 0.05) is 125 Å². The van der Waals surface area contributed by atoms with Crippen LogP contribution < -0.4 is 15.6 Å². The minimum atomic E-state index is -2.33. The molecule has 1 aromatic carbocycles. The molecule has 18 nitrogen and oxygen atoms in total. The first-order valence-corrected chi connectivity index (χ1v) is 25.5. The van der Waals surface area contributed by atoms with E-state index < -0.39 is 64.6 Å². The molecule has 3 saturated heterocycles. The number of rotatable bonds is 12. The summed E-state index contributed by atoms with van der Waals surface area (Å²) in [5.74, 6) is -3.93. The molecule has 6 heterocycles. The Morgan fingerprint density at radius 2 is 1.81 bits per heavy atom. The molecule has 0 aliphatic carbocycles. The molecule has 0 unspecified atom stereocenters. The third kappa shape index (κ3) is 11.6. The number of cyclic esters (lactones) is 1. The number of carbonyl (C=O) groups excluding carboxylic acids is 5. The van der Waals surface area contributed by atoms with Crippen LogP contribution in [0.2, 0.25) is 0 Å². The molecule has 7 rings (SSSR count). The van der Waals surface area contributed by atoms with Crippen LogP contribution in [0.3, 0.4) is 0 Å². The highest BCUT2D eigenvalue weighted by molar-refractivity contribution is 5.96. The van der Waals surface area contributed by atoms with E-state index in [0.29, 0.717) is 39.2 Å². The monoisotopic (exact) mass is 1000 g/mol. The average Bonchev–Trinajstić information content (AvgIpc) is 3.65. The van der Waals surface area contributed by atoms with Gasteiger partial charge in [0.05, 0.1) is 36.8 Å². The predicted molar refractivity (Wildman–Crippen MR) is 271 cm³/mol. The molecule has 3 N–H and O–H groups in total. The number of piperidine rings is 1. The highest BCUT2D eigenvalue weighted by atomic mass is 19.1. The number of halogens is 1. The highest BCUT2D eigenvalue weighted by Crippen LogP contribution is 2.42. The normalized spacial score (nSPS) is 23.8. The van der Waals surface area contributed by atoms with E-state index in [0.717, 1.165) is 49.0 Å². The fourth-order valence-electron chi connectivity index (χ4n) is 10.7. The fourth-order valence-corrected chi connectivity index (χ4v) is 10.7. The zero-order valence-electron chi connectivity index (χ0n) is 43.8. The molecule has 3 fully saturated rings. The van der Waals surface area contributed by atoms with Crippen LogP contribution in [0.15, 0.2) is 48.7 Å². The van der Waals surface area contributed by atoms with Gasteiger partial charge in [-0.1, -0.05) is 33.8 Å². The van der Waals surface area contributed by atoms with Crippen molar-refractivity contribution in [3.63, 3.8) is 0 Å². The molecule has 4 amide bonds. The summed E-state index contributed by atoms with van der Waals surface area (Å²) in [6.45, 7) is 14.1. The van der Waals surface area contributed by atoms with Crippen LogP contribution in [0.1, 0.15) is 91.0 Å². The SMILES string of the molecule is CCn1c(-c2cccnc2[C@H](C)OC)c2c3cc(ccc31)N1CCO[C@@H](C[C@H](NC(=O)[C@H](C(C)C)N(C)C(=O)C3(F)CCN(C(=O)/C=C/CN(C)C)CC3)C(=O)N3CCC[C@@](O)(N3)C(=O)OCC(C)(C)C2)C1. The van der Waals surface area contributed by atoms with Gasteiger partial charge in [0.1, 0.15) is 12.1 Å². The summed E-state index contributed by atoms with van der Waals surface area (Å²) in [4.78, 5) is 82.0. The number of esters is 1. The van der Waals surface area contributed by atoms with Gasteiger partial charge in [-0.2, -0.15) is 5.43 Å². The Morgan fingerprint density at radius 1 is 1.07 bits per heavy atom. The van der Waals surface area contributed by atoms with Gasteiger partial charge in [-0.05, 0) is 82.6 Å². The van der Waals surface area contributed by atoms with Crippen molar-refractivity contribution in [2.45, 2.75) is 122 Å². The Labute approximate surface area is 423 Å². The molecular weight excluding hydrogens is 926 g/mol. The van der Waals surface area contributed by atoms with E-state index in [1.165, 1.54) is 18.0 Å². The number of nitrogens with zero attached hydrogens (tertiary/aromatic N) is 7. The van der Waals surface area contributed by atoms with Crippen molar-refractivity contribution in [2.75, 3.05) is 85.6 Å². The van der Waals surface area contributed by atoms with Crippen molar-refractivity contribution in [1.82, 2.24) is 40.0 Å². The first-order chi connectivity index (χ1) is 34.1. The minimum Gasteiger partial charge on any atom is -0.462 e. The van der Waals surface area contributed by atoms with E-state index in [4.69, 9.17) is 19.2 Å². The predicted octanol–water partition coefficient (Wildman–Crippen LogP) is 4.38. The lowest BCUT2D eigenvalue weighted by Crippen LogP contribution is -2.67. The van der Waals surface area contributed by atoms with Gasteiger partial charge >= 0.3 is 5.97 Å². The van der Waals surface area contributed by atoms with Crippen molar-refractivity contribution >= 4 is 46.2 Å². The molecule has 4 aliphatic heterocycles. The molecule has 3 aromatic rings. The number of carbonyl (C=O) groups is 5. The van der Waals surface area contributed by atoms with Gasteiger partial charge in [0.2, 0.25) is 17.5 Å². The van der Waals surface area contributed by atoms with Crippen molar-refractivity contribution in [3.8, 4) is 11.3 Å². The summed E-state index contributed by atoms with van der Waals surface area (Å²) < 4.78 is 37.1. The molecule has 0 radical (unpaired) electrons. The maximum Gasteiger partial charge on any atom is 0.355 e. The number of pyridine rings is 1. The molecule has 0 spiro atoms. The second kappa shape index (κ2) is 22.3. The Morgan fingerprint density at radius 3 is 2.49 bits per heavy atom. The van der Waals surface area contributed by atoms with Gasteiger partial charge in [-0.3, -0.25) is 29.2 Å². The second-order valence-electron chi connectivity index (χ2n) is 21.4. The van der Waals surface area contributed by atoms with Crippen LogP contribution in [0, 0.1) is 11.3 Å². The molecular formula is C53H76FN9O9. The lowest BCUT2D eigenvalue weighted by atomic mass is 9.84. The van der Waals surface area contributed by atoms with E-state index in [2.05, 4.69) is 51.4 Å². The zero-order valence-corrected chi connectivity index (χ0v) is 43.8. The first-order valence-electron chi connectivity index (χ1n) is 25.5. The van der Waals surface area contributed by atoms with Gasteiger partial charge in [-0.15, -0.1) is 0 Å². The topological polar surface area (TPSA) is 191 Å². The Hall–Kier alpha value is -5.47. The molecule has 4 aliphatic rings. The van der Waals surface area contributed by atoms with Crippen LogP contribution in [0.5, 0.6) is 0 Å². The van der Waals surface area contributed by atoms with Crippen molar-refractivity contribution in [2.24, 2.45) is 11.3 Å². The Kier molecular flexibility index (Phi) is 16.8. The average molecular weight is 1000 g/mol. The number of amides is 4. The maximum atomic E-state index is 16.7. The molecule has 19 heteroatoms. The van der Waals surface area contributed by atoms with E-state index in [-0.39, 0.29) is 70.4 Å². The number of aryl methyl sites for hydroxylation is 1. The van der Waals surface area contributed by atoms with Crippen LogP contribution >= 0.6 is 0 Å². The lowest BCUT2D eigenvalue weighted by molar-refractivity contribution is -0.189. The number of hydrazine groups is 1. The summed E-state index contributed by atoms with van der Waals surface area (Å²) >= 11 is 0. The standard InChI is InChI=1S/C53H76FN9O9/c1-11-62-42-18-17-36-29-39(42)40(46(62)38-15-12-22-55-44(38)35(4)70-10)31-51(5,6)33-72-50(68)53(69)19-14-24-63(57-53)48(66)41(30-37-32-61(36)27-28-71-37)56-47(65)45(34(2)3)59(9)49(67)52(54)20-25-60(26-21-52)43(64)16-13-23-58(7)8/h12-13,15-18,22,29,34-35,37,41,45,57,69H,11,14,19-21,23-28,30-33H2,1-10H3,(H,56,65)/b16-13+/t35-,37-,41-,45-,53-/m0/s1. The number of ether oxygens (including phenoxy) is 3. The summed E-state index contributed by atoms with van der Waals surface area (Å²) in [5.41, 5.74) is 3.20. The first kappa shape index (κ1) is 54.3. The summed E-state index contributed by atoms with van der Waals surface area (Å²) in [6, 6.07) is 7.89. The van der Waals surface area contributed by atoms with Crippen LogP contribution in [-0.2, 0) is 51.1 Å². The number of benzene rings is 1. The minimum absolute atomic E-state index is 0.00990. The summed E-state index contributed by atoms with van der Waals surface area (Å²) in [5, 5.41) is 17.0. The van der Waals surface area contributed by atoms with Gasteiger partial charge in [-0.25, -0.2) is 9.18 Å². The third-order valence-electron chi connectivity index (χ3n) is 14.6. The highest BCUT2D eigenvalue weighted by Gasteiger charge is 2.49. The van der Waals surface area contributed by atoms with Crippen molar-refractivity contribution in [1.29, 1.82) is 0 Å². The quantitative estimate of drug-likeness (QED) is 0.171. The van der Waals surface area contributed by atoms with E-state index >= 15 is 4.39 Å². The fraction of sp³-hybridized carbons (Fsp3) is 0.623. The number of aliphatic hydroxyl groups is 1. The number of nitrogens with one attached hydrogen (secondary N) is 2. The van der Waals surface area contributed by atoms with Gasteiger partial charge < -0.3 is 48.8 Å². The van der Waals surface area contributed by atoms with E-state index in [1.54, 1.807) is 33.2 Å². The number of aromatic nitrogens is 2. The largest absolute Gasteiger partial charge is 0.462 e. The number of anilines is 1. The number of hydrogen-bond donors (Lipinski definition) is 3. The number of alkyl halides is 1. The molecule has 394 valence electrons. The molecule has 6 bridgehead atoms. The smallest absolute Gasteiger partial charge is 0.355 e. The number of fused-ring (bicyclic) bond motifs is 6. The van der Waals surface area contributed by atoms with Gasteiger partial charge in [0.25, 0.3) is 11.8 Å². The number of likely N-dealkylation sites (tertiary alicyclic amines) is 1. The Bertz CT molecular complexity index is 2500. The number of hydrogen-bond acceptors (Lipinski definition) is 13. The summed E-state index contributed by atoms with van der Waals surface area (Å²) in [6.07, 6.45) is 4.25. The molecule has 0 saturated carbocycles. The molecule has 5 atom stereocenters. The zero-order chi connectivity index (χ0) is 52.3. The number of likely N-dealkylation sites (N-methyl/N-ethyl adjacent to an activating group) is 2. The Balaban J connectivity index is 1.21. The van der Waals surface area contributed by atoms with Crippen LogP contribution in [0.25, 0.3) is 22.2 Å². The van der Waals surface area contributed by atoms with Crippen molar-refractivity contribution < 1.29 is 47.7 Å². The second-order valence-corrected chi connectivity index (χ2v) is 21.4. The third-order valence-corrected chi connectivity index (χ3v) is 14.6. The number of morpholine rings is 1. The molecule has 72 heavy (non-hydrogen) atoms.